The Morgan fingerprint density at radius 1 is 1.30 bits per heavy atom. The minimum atomic E-state index is -2.89. The molecule has 4 heterocycles. The first kappa shape index (κ1) is 25.5. The lowest BCUT2D eigenvalue weighted by atomic mass is 9.93. The Morgan fingerprint density at radius 3 is 2.84 bits per heavy atom. The Kier molecular flexibility index (Phi) is 7.38. The van der Waals surface area contributed by atoms with E-state index in [0.29, 0.717) is 59.3 Å². The molecule has 2 aromatic heterocycles. The van der Waals surface area contributed by atoms with Crippen molar-refractivity contribution in [3.8, 4) is 0 Å². The lowest BCUT2D eigenvalue weighted by Crippen LogP contribution is -2.35. The van der Waals surface area contributed by atoms with Crippen molar-refractivity contribution in [2.75, 3.05) is 30.8 Å². The number of pyridine rings is 1. The van der Waals surface area contributed by atoms with Crippen LogP contribution in [0.4, 0.5) is 19.0 Å². The maximum atomic E-state index is 14.4. The smallest absolute Gasteiger partial charge is 0.266 e. The number of fused-ring (bicyclic) bond motifs is 1. The van der Waals surface area contributed by atoms with Gasteiger partial charge in [0.15, 0.2) is 0 Å². The van der Waals surface area contributed by atoms with Gasteiger partial charge in [-0.25, -0.2) is 23.1 Å². The van der Waals surface area contributed by atoms with Crippen molar-refractivity contribution in [1.82, 2.24) is 14.5 Å². The molecule has 5 rings (SSSR count). The number of hydrogen-bond donors (Lipinski definition) is 1. The molecule has 1 N–H and O–H groups in total. The van der Waals surface area contributed by atoms with Crippen molar-refractivity contribution in [2.45, 2.75) is 37.6 Å². The summed E-state index contributed by atoms with van der Waals surface area (Å²) >= 11 is 0. The van der Waals surface area contributed by atoms with Gasteiger partial charge in [0, 0.05) is 31.3 Å². The summed E-state index contributed by atoms with van der Waals surface area (Å²) in [4.78, 5) is 26.4. The van der Waals surface area contributed by atoms with E-state index >= 15 is 0 Å². The van der Waals surface area contributed by atoms with Crippen LogP contribution in [0.25, 0.3) is 11.0 Å². The van der Waals surface area contributed by atoms with Gasteiger partial charge < -0.3 is 10.1 Å². The summed E-state index contributed by atoms with van der Waals surface area (Å²) < 4.78 is 59.6. The van der Waals surface area contributed by atoms with E-state index in [1.54, 1.807) is 13.1 Å². The topological polar surface area (TPSA) is 98.5 Å². The van der Waals surface area contributed by atoms with E-state index in [9.17, 15) is 22.2 Å². The molecule has 0 spiro atoms. The zero-order valence-electron chi connectivity index (χ0n) is 20.1. The molecule has 2 aliphatic rings. The Labute approximate surface area is 213 Å². The molecule has 0 saturated carbocycles. The molecule has 2 aliphatic heterocycles. The van der Waals surface area contributed by atoms with Crippen LogP contribution in [0.15, 0.2) is 40.4 Å². The van der Waals surface area contributed by atoms with Crippen molar-refractivity contribution in [3.63, 3.8) is 0 Å². The highest BCUT2D eigenvalue weighted by molar-refractivity contribution is 8.00. The fourth-order valence-corrected chi connectivity index (χ4v) is 6.04. The van der Waals surface area contributed by atoms with Gasteiger partial charge in [-0.1, -0.05) is 18.2 Å². The van der Waals surface area contributed by atoms with Gasteiger partial charge in [-0.15, -0.1) is 0 Å². The highest BCUT2D eigenvalue weighted by atomic mass is 32.2. The molecule has 2 saturated heterocycles. The molecule has 8 nitrogen and oxygen atoms in total. The highest BCUT2D eigenvalue weighted by Crippen LogP contribution is 2.31. The highest BCUT2D eigenvalue weighted by Gasteiger charge is 2.30. The number of halogens is 3. The molecule has 196 valence electrons. The molecule has 2 unspecified atom stereocenters. The van der Waals surface area contributed by atoms with E-state index in [1.807, 2.05) is 0 Å². The molecule has 2 fully saturated rings. The van der Waals surface area contributed by atoms with Gasteiger partial charge >= 0.3 is 0 Å². The van der Waals surface area contributed by atoms with Crippen LogP contribution >= 0.6 is 0 Å². The maximum absolute atomic E-state index is 14.4. The fourth-order valence-electron chi connectivity index (χ4n) is 4.66. The summed E-state index contributed by atoms with van der Waals surface area (Å²) in [5.41, 5.74) is 0.364. The number of aromatic nitrogens is 3. The van der Waals surface area contributed by atoms with E-state index in [0.717, 1.165) is 6.07 Å². The van der Waals surface area contributed by atoms with Crippen LogP contribution in [0, 0.1) is 5.82 Å². The average Bonchev–Trinajstić information content (AvgIpc) is 2.85. The van der Waals surface area contributed by atoms with Crippen molar-refractivity contribution in [1.29, 1.82) is 0 Å². The number of aliphatic imine (C=N–C) groups is 1. The van der Waals surface area contributed by atoms with Crippen molar-refractivity contribution in [3.05, 3.63) is 63.5 Å². The Bertz CT molecular complexity index is 1440. The number of nitrogens with zero attached hydrogens (tertiary/aromatic N) is 4. The zero-order valence-corrected chi connectivity index (χ0v) is 20.9. The van der Waals surface area contributed by atoms with Crippen LogP contribution in [0.2, 0.25) is 0 Å². The molecule has 1 aromatic carbocycles. The SMILES string of the molecule is Cn1c(=O)c(C2CCS(=O)C(=NC3COC3)C2)cc2c(NCCc3cccc(C(F)F)c3F)ncnc21. The molecule has 0 bridgehead atoms. The standard InChI is InChI=1S/C25H26F3N5O3S/c1-33-24-19(10-18(25(33)34)15-6-8-37(35)20(9-15)32-16-11-36-12-16)23(30-13-31-24)29-7-5-14-3-2-4-17(21(14)26)22(27)28/h2-4,10,13,15-16,22H,5-9,11-12H2,1H3,(H,29,30,31). The van der Waals surface area contributed by atoms with E-state index < -0.39 is 28.6 Å². The van der Waals surface area contributed by atoms with Gasteiger partial charge in [-0.2, -0.15) is 0 Å². The summed E-state index contributed by atoms with van der Waals surface area (Å²) in [7, 11) is 0.474. The molecule has 37 heavy (non-hydrogen) atoms. The Morgan fingerprint density at radius 2 is 2.11 bits per heavy atom. The van der Waals surface area contributed by atoms with Crippen molar-refractivity contribution in [2.24, 2.45) is 12.0 Å². The number of anilines is 1. The molecular weight excluding hydrogens is 507 g/mol. The zero-order chi connectivity index (χ0) is 26.1. The van der Waals surface area contributed by atoms with Crippen LogP contribution in [0.3, 0.4) is 0 Å². The van der Waals surface area contributed by atoms with Crippen LogP contribution in [0.1, 0.15) is 41.9 Å². The van der Waals surface area contributed by atoms with Crippen LogP contribution in [-0.4, -0.2) is 55.3 Å². The predicted octanol–water partition coefficient (Wildman–Crippen LogP) is 3.48. The largest absolute Gasteiger partial charge is 0.377 e. The first-order chi connectivity index (χ1) is 17.8. The van der Waals surface area contributed by atoms with E-state index in [-0.39, 0.29) is 36.0 Å². The number of ether oxygens (including phenoxy) is 1. The number of alkyl halides is 2. The average molecular weight is 534 g/mol. The number of rotatable bonds is 7. The normalized spacial score (nSPS) is 21.5. The Hall–Kier alpha value is -3.12. The molecule has 2 atom stereocenters. The number of hydrogen-bond acceptors (Lipinski definition) is 7. The van der Waals surface area contributed by atoms with E-state index in [1.165, 1.54) is 23.0 Å². The van der Waals surface area contributed by atoms with Gasteiger partial charge in [0.25, 0.3) is 12.0 Å². The molecule has 0 radical (unpaired) electrons. The minimum absolute atomic E-state index is 0.0209. The second-order valence-electron chi connectivity index (χ2n) is 9.17. The maximum Gasteiger partial charge on any atom is 0.266 e. The summed E-state index contributed by atoms with van der Waals surface area (Å²) in [6, 6.07) is 5.75. The monoisotopic (exact) mass is 533 g/mol. The summed E-state index contributed by atoms with van der Waals surface area (Å²) in [6.07, 6.45) is -0.375. The van der Waals surface area contributed by atoms with E-state index in [2.05, 4.69) is 20.3 Å². The quantitative estimate of drug-likeness (QED) is 0.500. The Balaban J connectivity index is 1.41. The van der Waals surface area contributed by atoms with Gasteiger partial charge in [0.2, 0.25) is 0 Å². The first-order valence-corrected chi connectivity index (χ1v) is 13.3. The first-order valence-electron chi connectivity index (χ1n) is 12.0. The lowest BCUT2D eigenvalue weighted by molar-refractivity contribution is 0.0133. The number of benzene rings is 1. The molecule has 3 aromatic rings. The molecular formula is C25H26F3N5O3S. The van der Waals surface area contributed by atoms with Crippen molar-refractivity contribution >= 4 is 32.7 Å². The van der Waals surface area contributed by atoms with Crippen LogP contribution in [0.5, 0.6) is 0 Å². The van der Waals surface area contributed by atoms with E-state index in [4.69, 9.17) is 4.74 Å². The van der Waals surface area contributed by atoms with Gasteiger partial charge in [0.1, 0.15) is 23.6 Å². The van der Waals surface area contributed by atoms with Crippen LogP contribution < -0.4 is 10.9 Å². The molecule has 0 aliphatic carbocycles. The summed E-state index contributed by atoms with van der Waals surface area (Å²) in [6.45, 7) is 1.27. The third kappa shape index (κ3) is 5.17. The molecule has 12 heteroatoms. The predicted molar refractivity (Wildman–Crippen MR) is 135 cm³/mol. The minimum Gasteiger partial charge on any atom is -0.377 e. The second-order valence-corrected chi connectivity index (χ2v) is 10.7. The van der Waals surface area contributed by atoms with Gasteiger partial charge in [0.05, 0.1) is 46.0 Å². The van der Waals surface area contributed by atoms with Gasteiger partial charge in [-0.3, -0.25) is 18.6 Å². The van der Waals surface area contributed by atoms with Crippen LogP contribution in [-0.2, 0) is 29.0 Å². The summed E-state index contributed by atoms with van der Waals surface area (Å²) in [5.74, 6) is -0.179. The molecule has 0 amide bonds. The second kappa shape index (κ2) is 10.7. The van der Waals surface area contributed by atoms with Gasteiger partial charge in [-0.05, 0) is 30.4 Å². The fraction of sp³-hybridized carbons (Fsp3) is 0.440. The third-order valence-corrected chi connectivity index (χ3v) is 8.19. The third-order valence-electron chi connectivity index (χ3n) is 6.78. The summed E-state index contributed by atoms with van der Waals surface area (Å²) in [5, 5.41) is 4.36. The number of nitrogens with one attached hydrogen (secondary N) is 1. The number of aryl methyl sites for hydroxylation is 1. The van der Waals surface area contributed by atoms with Crippen molar-refractivity contribution < 1.29 is 22.1 Å². The lowest BCUT2D eigenvalue weighted by Gasteiger charge is -2.27.